The van der Waals surface area contributed by atoms with Crippen LogP contribution in [-0.2, 0) is 11.0 Å². The molecule has 0 spiro atoms. The number of nitrogens with two attached hydrogens (primary N) is 1. The Labute approximate surface area is 186 Å². The topological polar surface area (TPSA) is 119 Å². The molecule has 4 N–H and O–H groups in total. The van der Waals surface area contributed by atoms with Gasteiger partial charge in [-0.3, -0.25) is 14.4 Å². The van der Waals surface area contributed by atoms with Gasteiger partial charge in [-0.1, -0.05) is 18.2 Å². The van der Waals surface area contributed by atoms with Gasteiger partial charge in [0.2, 0.25) is 5.91 Å². The summed E-state index contributed by atoms with van der Waals surface area (Å²) in [7, 11) is 0. The Balaban J connectivity index is 1.99. The Morgan fingerprint density at radius 1 is 1.09 bits per heavy atom. The summed E-state index contributed by atoms with van der Waals surface area (Å²) in [5, 5.41) is 9.01. The number of rotatable bonds is 5. The zero-order chi connectivity index (χ0) is 24.3. The Morgan fingerprint density at radius 3 is 2.36 bits per heavy atom. The third kappa shape index (κ3) is 5.56. The van der Waals surface area contributed by atoms with Crippen LogP contribution in [0.15, 0.2) is 59.4 Å². The molecule has 1 heterocycles. The number of amides is 2. The van der Waals surface area contributed by atoms with Gasteiger partial charge in [-0.25, -0.2) is 0 Å². The molecule has 1 aromatic heterocycles. The summed E-state index contributed by atoms with van der Waals surface area (Å²) in [5.74, 6) is -1.35. The molecule has 0 aliphatic rings. The maximum atomic E-state index is 13.1. The van der Waals surface area contributed by atoms with E-state index in [2.05, 4.69) is 15.7 Å². The van der Waals surface area contributed by atoms with Crippen LogP contribution in [0.2, 0.25) is 0 Å². The summed E-state index contributed by atoms with van der Waals surface area (Å²) in [6.45, 7) is 2.66. The molecule has 0 saturated carbocycles. The number of alkyl halides is 3. The van der Waals surface area contributed by atoms with Crippen molar-refractivity contribution in [2.24, 2.45) is 0 Å². The third-order valence-electron chi connectivity index (χ3n) is 4.61. The van der Waals surface area contributed by atoms with E-state index in [9.17, 15) is 27.6 Å². The molecule has 33 heavy (non-hydrogen) atoms. The average Bonchev–Trinajstić information content (AvgIpc) is 2.73. The van der Waals surface area contributed by atoms with Crippen molar-refractivity contribution < 1.29 is 22.8 Å². The largest absolute Gasteiger partial charge is 0.416 e. The van der Waals surface area contributed by atoms with E-state index in [0.717, 1.165) is 22.9 Å². The molecule has 0 fully saturated rings. The van der Waals surface area contributed by atoms with E-state index in [-0.39, 0.29) is 22.6 Å². The van der Waals surface area contributed by atoms with E-state index in [1.165, 1.54) is 19.9 Å². The van der Waals surface area contributed by atoms with Gasteiger partial charge in [-0.2, -0.15) is 23.0 Å². The van der Waals surface area contributed by atoms with Crippen LogP contribution in [-0.4, -0.2) is 21.6 Å². The monoisotopic (exact) mass is 459 g/mol. The summed E-state index contributed by atoms with van der Waals surface area (Å²) < 4.78 is 40.4. The van der Waals surface area contributed by atoms with Crippen molar-refractivity contribution in [3.63, 3.8) is 0 Å². The molecule has 0 aliphatic heterocycles. The number of nitrogens with one attached hydrogen (secondary N) is 2. The number of hydrogen-bond acceptors (Lipinski definition) is 5. The first kappa shape index (κ1) is 23.5. The summed E-state index contributed by atoms with van der Waals surface area (Å²) in [5.41, 5.74) is 4.02. The van der Waals surface area contributed by atoms with Gasteiger partial charge in [0.25, 0.3) is 11.5 Å². The highest BCUT2D eigenvalue weighted by Gasteiger charge is 2.31. The number of anilines is 2. The number of carbonyl (C=O) groups is 2. The lowest BCUT2D eigenvalue weighted by atomic mass is 10.0. The van der Waals surface area contributed by atoms with E-state index in [4.69, 9.17) is 5.73 Å². The van der Waals surface area contributed by atoms with Crippen LogP contribution in [0.5, 0.6) is 0 Å². The van der Waals surface area contributed by atoms with Crippen molar-refractivity contribution in [2.75, 3.05) is 11.1 Å². The summed E-state index contributed by atoms with van der Waals surface area (Å²) in [4.78, 5) is 37.1. The molecule has 3 aromatic rings. The minimum Gasteiger partial charge on any atom is -0.399 e. The molecule has 2 aromatic carbocycles. The van der Waals surface area contributed by atoms with E-state index in [0.29, 0.717) is 5.69 Å². The van der Waals surface area contributed by atoms with Crippen molar-refractivity contribution in [3.05, 3.63) is 81.8 Å². The lowest BCUT2D eigenvalue weighted by Gasteiger charge is -2.18. The van der Waals surface area contributed by atoms with Crippen molar-refractivity contribution >= 4 is 23.2 Å². The van der Waals surface area contributed by atoms with Crippen LogP contribution in [0.3, 0.4) is 0 Å². The second-order valence-electron chi connectivity index (χ2n) is 7.25. The fraction of sp³-hybridized carbons (Fsp3) is 0.182. The zero-order valence-corrected chi connectivity index (χ0v) is 17.6. The number of nitrogens with zero attached hydrogens (tertiary/aromatic N) is 2. The number of hydrogen-bond donors (Lipinski definition) is 3. The van der Waals surface area contributed by atoms with E-state index < -0.39 is 35.2 Å². The Bertz CT molecular complexity index is 1260. The number of carbonyl (C=O) groups excluding carboxylic acids is 2. The SMILES string of the molecule is CC(=O)Nc1cc(=O)n(-c2ccccc2)nc1C(=O)N[C@H](C)c1cc(N)cc(C(F)(F)F)c1. The summed E-state index contributed by atoms with van der Waals surface area (Å²) in [6.07, 6.45) is -4.61. The second-order valence-corrected chi connectivity index (χ2v) is 7.25. The minimum absolute atomic E-state index is 0.115. The highest BCUT2D eigenvalue weighted by molar-refractivity contribution is 6.01. The maximum absolute atomic E-state index is 13.1. The Kier molecular flexibility index (Phi) is 6.52. The van der Waals surface area contributed by atoms with Crippen LogP contribution in [0, 0.1) is 0 Å². The quantitative estimate of drug-likeness (QED) is 0.506. The van der Waals surface area contributed by atoms with Crippen LogP contribution >= 0.6 is 0 Å². The standard InChI is InChI=1S/C22H20F3N5O3/c1-12(14-8-15(22(23,24)25)10-16(26)9-14)27-21(33)20-18(28-13(2)31)11-19(32)30(29-20)17-6-4-3-5-7-17/h3-12H,26H2,1-2H3,(H,27,33)(H,28,31)/t12-/m1/s1. The zero-order valence-electron chi connectivity index (χ0n) is 17.6. The lowest BCUT2D eigenvalue weighted by Crippen LogP contribution is -2.32. The normalized spacial score (nSPS) is 12.2. The predicted octanol–water partition coefficient (Wildman–Crippen LogP) is 3.28. The number of halogens is 3. The molecule has 1 atom stereocenters. The third-order valence-corrected chi connectivity index (χ3v) is 4.61. The molecule has 172 valence electrons. The fourth-order valence-electron chi connectivity index (χ4n) is 3.10. The molecule has 3 rings (SSSR count). The molecular weight excluding hydrogens is 439 g/mol. The molecule has 0 aliphatic carbocycles. The fourth-order valence-corrected chi connectivity index (χ4v) is 3.10. The van der Waals surface area contributed by atoms with Gasteiger partial charge >= 0.3 is 6.18 Å². The van der Waals surface area contributed by atoms with Gasteiger partial charge in [-0.05, 0) is 42.8 Å². The van der Waals surface area contributed by atoms with Gasteiger partial charge in [0, 0.05) is 18.7 Å². The van der Waals surface area contributed by atoms with E-state index in [1.54, 1.807) is 30.3 Å². The lowest BCUT2D eigenvalue weighted by molar-refractivity contribution is -0.137. The summed E-state index contributed by atoms with van der Waals surface area (Å²) >= 11 is 0. The summed E-state index contributed by atoms with van der Waals surface area (Å²) in [6, 6.07) is 11.4. The van der Waals surface area contributed by atoms with Crippen LogP contribution in [0.25, 0.3) is 5.69 Å². The average molecular weight is 459 g/mol. The van der Waals surface area contributed by atoms with Crippen molar-refractivity contribution in [1.82, 2.24) is 15.1 Å². The molecule has 2 amide bonds. The molecule has 0 unspecified atom stereocenters. The molecule has 0 bridgehead atoms. The molecule has 11 heteroatoms. The van der Waals surface area contributed by atoms with Gasteiger partial charge in [0.15, 0.2) is 5.69 Å². The van der Waals surface area contributed by atoms with Crippen LogP contribution < -0.4 is 21.9 Å². The predicted molar refractivity (Wildman–Crippen MR) is 116 cm³/mol. The Hall–Kier alpha value is -4.15. The number of para-hydroxylation sites is 1. The molecule has 0 radical (unpaired) electrons. The van der Waals surface area contributed by atoms with Crippen molar-refractivity contribution in [3.8, 4) is 5.69 Å². The van der Waals surface area contributed by atoms with E-state index >= 15 is 0 Å². The molecular formula is C22H20F3N5O3. The van der Waals surface area contributed by atoms with Crippen molar-refractivity contribution in [1.29, 1.82) is 0 Å². The first-order valence-corrected chi connectivity index (χ1v) is 9.71. The maximum Gasteiger partial charge on any atom is 0.416 e. The van der Waals surface area contributed by atoms with E-state index in [1.807, 2.05) is 0 Å². The van der Waals surface area contributed by atoms with Crippen LogP contribution in [0.4, 0.5) is 24.5 Å². The molecule has 8 nitrogen and oxygen atoms in total. The van der Waals surface area contributed by atoms with Gasteiger partial charge in [0.05, 0.1) is 23.0 Å². The van der Waals surface area contributed by atoms with Gasteiger partial charge in [-0.15, -0.1) is 0 Å². The Morgan fingerprint density at radius 2 is 1.76 bits per heavy atom. The van der Waals surface area contributed by atoms with Gasteiger partial charge in [0.1, 0.15) is 0 Å². The first-order chi connectivity index (χ1) is 15.5. The number of nitrogen functional groups attached to an aromatic ring is 1. The number of aromatic nitrogens is 2. The molecule has 0 saturated heterocycles. The van der Waals surface area contributed by atoms with Crippen molar-refractivity contribution in [2.45, 2.75) is 26.1 Å². The number of benzene rings is 2. The smallest absolute Gasteiger partial charge is 0.399 e. The highest BCUT2D eigenvalue weighted by atomic mass is 19.4. The van der Waals surface area contributed by atoms with Gasteiger partial charge < -0.3 is 16.4 Å². The first-order valence-electron chi connectivity index (χ1n) is 9.71. The second kappa shape index (κ2) is 9.15. The minimum atomic E-state index is -4.61. The highest BCUT2D eigenvalue weighted by Crippen LogP contribution is 2.32. The van der Waals surface area contributed by atoms with Crippen LogP contribution in [0.1, 0.15) is 41.5 Å².